The molecule has 0 aliphatic rings. The van der Waals surface area contributed by atoms with Crippen LogP contribution in [0.5, 0.6) is 5.75 Å². The maximum absolute atomic E-state index is 10.7. The van der Waals surface area contributed by atoms with Gasteiger partial charge in [-0.3, -0.25) is 4.79 Å². The van der Waals surface area contributed by atoms with Gasteiger partial charge in [0, 0.05) is 6.42 Å². The Morgan fingerprint density at radius 3 is 2.39 bits per heavy atom. The van der Waals surface area contributed by atoms with E-state index in [1.165, 1.54) is 5.56 Å². The topological polar surface area (TPSA) is 46.5 Å². The van der Waals surface area contributed by atoms with Crippen molar-refractivity contribution in [3.8, 4) is 5.75 Å². The lowest BCUT2D eigenvalue weighted by atomic mass is 9.84. The SMILES string of the molecule is COc1c(C)cc(C(C)(C)C)cc1CCC(=O)O. The molecule has 1 aromatic carbocycles. The van der Waals surface area contributed by atoms with Crippen LogP contribution in [0.3, 0.4) is 0 Å². The molecule has 0 heterocycles. The van der Waals surface area contributed by atoms with Gasteiger partial charge in [-0.15, -0.1) is 0 Å². The molecule has 0 fully saturated rings. The molecule has 0 amide bonds. The number of carboxylic acid groups (broad SMARTS) is 1. The van der Waals surface area contributed by atoms with Crippen LogP contribution < -0.4 is 4.74 Å². The van der Waals surface area contributed by atoms with Gasteiger partial charge in [-0.1, -0.05) is 32.9 Å². The van der Waals surface area contributed by atoms with E-state index in [1.807, 2.05) is 6.92 Å². The lowest BCUT2D eigenvalue weighted by Crippen LogP contribution is -2.13. The number of benzene rings is 1. The summed E-state index contributed by atoms with van der Waals surface area (Å²) < 4.78 is 5.38. The number of ether oxygens (including phenoxy) is 1. The summed E-state index contributed by atoms with van der Waals surface area (Å²) in [6.07, 6.45) is 0.632. The van der Waals surface area contributed by atoms with E-state index < -0.39 is 5.97 Å². The van der Waals surface area contributed by atoms with Crippen molar-refractivity contribution in [3.63, 3.8) is 0 Å². The lowest BCUT2D eigenvalue weighted by molar-refractivity contribution is -0.136. The van der Waals surface area contributed by atoms with Crippen LogP contribution in [-0.2, 0) is 16.6 Å². The average Bonchev–Trinajstić information content (AvgIpc) is 2.24. The second kappa shape index (κ2) is 5.42. The highest BCUT2D eigenvalue weighted by Crippen LogP contribution is 2.31. The van der Waals surface area contributed by atoms with Crippen LogP contribution in [-0.4, -0.2) is 18.2 Å². The van der Waals surface area contributed by atoms with Crippen LogP contribution in [0.4, 0.5) is 0 Å². The van der Waals surface area contributed by atoms with Crippen LogP contribution >= 0.6 is 0 Å². The second-order valence-electron chi connectivity index (χ2n) is 5.63. The number of rotatable bonds is 4. The third-order valence-electron chi connectivity index (χ3n) is 3.03. The quantitative estimate of drug-likeness (QED) is 0.891. The normalized spacial score (nSPS) is 11.4. The minimum Gasteiger partial charge on any atom is -0.496 e. The summed E-state index contributed by atoms with van der Waals surface area (Å²) in [6.45, 7) is 8.44. The third-order valence-corrected chi connectivity index (χ3v) is 3.03. The van der Waals surface area contributed by atoms with Gasteiger partial charge in [0.2, 0.25) is 0 Å². The van der Waals surface area contributed by atoms with Crippen LogP contribution in [0.1, 0.15) is 43.9 Å². The Morgan fingerprint density at radius 2 is 1.94 bits per heavy atom. The first-order valence-corrected chi connectivity index (χ1v) is 6.15. The molecule has 0 radical (unpaired) electrons. The molecule has 0 atom stereocenters. The summed E-state index contributed by atoms with van der Waals surface area (Å²) in [6, 6.07) is 4.18. The second-order valence-corrected chi connectivity index (χ2v) is 5.63. The molecule has 1 N–H and O–H groups in total. The van der Waals surface area contributed by atoms with Gasteiger partial charge >= 0.3 is 5.97 Å². The van der Waals surface area contributed by atoms with E-state index in [1.54, 1.807) is 7.11 Å². The molecular weight excluding hydrogens is 228 g/mol. The first-order chi connectivity index (χ1) is 8.25. The molecular formula is C15H22O3. The molecule has 0 unspecified atom stereocenters. The summed E-state index contributed by atoms with van der Waals surface area (Å²) in [4.78, 5) is 10.7. The van der Waals surface area contributed by atoms with Gasteiger partial charge in [-0.05, 0) is 35.4 Å². The Balaban J connectivity index is 3.19. The van der Waals surface area contributed by atoms with Crippen molar-refractivity contribution in [2.75, 3.05) is 7.11 Å². The molecule has 0 aliphatic heterocycles. The molecule has 0 spiro atoms. The predicted molar refractivity (Wildman–Crippen MR) is 72.4 cm³/mol. The van der Waals surface area contributed by atoms with Crippen molar-refractivity contribution in [3.05, 3.63) is 28.8 Å². The summed E-state index contributed by atoms with van der Waals surface area (Å²) in [5.41, 5.74) is 3.30. The Kier molecular flexibility index (Phi) is 4.38. The van der Waals surface area contributed by atoms with Crippen LogP contribution in [0.15, 0.2) is 12.1 Å². The molecule has 3 nitrogen and oxygen atoms in total. The molecule has 0 saturated carbocycles. The maximum atomic E-state index is 10.7. The Labute approximate surface area is 109 Å². The summed E-state index contributed by atoms with van der Waals surface area (Å²) >= 11 is 0. The number of methoxy groups -OCH3 is 1. The number of carbonyl (C=O) groups is 1. The highest BCUT2D eigenvalue weighted by atomic mass is 16.5. The lowest BCUT2D eigenvalue weighted by Gasteiger charge is -2.22. The Morgan fingerprint density at radius 1 is 1.33 bits per heavy atom. The van der Waals surface area contributed by atoms with E-state index in [9.17, 15) is 4.79 Å². The predicted octanol–water partition coefficient (Wildman–Crippen LogP) is 3.32. The average molecular weight is 250 g/mol. The van der Waals surface area contributed by atoms with Crippen LogP contribution in [0, 0.1) is 6.92 Å². The number of carboxylic acids is 1. The van der Waals surface area contributed by atoms with Gasteiger partial charge in [0.05, 0.1) is 7.11 Å². The highest BCUT2D eigenvalue weighted by Gasteiger charge is 2.18. The minimum absolute atomic E-state index is 0.0506. The van der Waals surface area contributed by atoms with E-state index in [4.69, 9.17) is 9.84 Å². The van der Waals surface area contributed by atoms with Crippen LogP contribution in [0.2, 0.25) is 0 Å². The number of aryl methyl sites for hydroxylation is 2. The molecule has 0 aromatic heterocycles. The monoisotopic (exact) mass is 250 g/mol. The van der Waals surface area contributed by atoms with Gasteiger partial charge in [0.15, 0.2) is 0 Å². The van der Waals surface area contributed by atoms with Gasteiger partial charge in [-0.25, -0.2) is 0 Å². The number of hydrogen-bond acceptors (Lipinski definition) is 2. The first kappa shape index (κ1) is 14.6. The van der Waals surface area contributed by atoms with E-state index in [2.05, 4.69) is 32.9 Å². The minimum atomic E-state index is -0.782. The zero-order valence-electron chi connectivity index (χ0n) is 11.8. The Bertz CT molecular complexity index is 442. The van der Waals surface area contributed by atoms with Gasteiger partial charge < -0.3 is 9.84 Å². The van der Waals surface area contributed by atoms with Crippen LogP contribution in [0.25, 0.3) is 0 Å². The summed E-state index contributed by atoms with van der Waals surface area (Å²) in [5, 5.41) is 8.80. The maximum Gasteiger partial charge on any atom is 0.303 e. The molecule has 18 heavy (non-hydrogen) atoms. The van der Waals surface area contributed by atoms with Crippen molar-refractivity contribution in [1.82, 2.24) is 0 Å². The van der Waals surface area contributed by atoms with E-state index >= 15 is 0 Å². The molecule has 3 heteroatoms. The van der Waals surface area contributed by atoms with Crippen molar-refractivity contribution >= 4 is 5.97 Å². The zero-order chi connectivity index (χ0) is 13.9. The summed E-state index contributed by atoms with van der Waals surface area (Å²) in [5.74, 6) is 0.0279. The van der Waals surface area contributed by atoms with Gasteiger partial charge in [-0.2, -0.15) is 0 Å². The fourth-order valence-corrected chi connectivity index (χ4v) is 2.00. The van der Waals surface area contributed by atoms with E-state index in [-0.39, 0.29) is 11.8 Å². The highest BCUT2D eigenvalue weighted by molar-refractivity contribution is 5.67. The first-order valence-electron chi connectivity index (χ1n) is 6.15. The molecule has 0 aliphatic carbocycles. The standard InChI is InChI=1S/C15H22O3/c1-10-8-12(15(2,3)4)9-11(14(10)18-5)6-7-13(16)17/h8-9H,6-7H2,1-5H3,(H,16,17). The molecule has 0 saturated heterocycles. The number of aliphatic carboxylic acids is 1. The summed E-state index contributed by atoms with van der Waals surface area (Å²) in [7, 11) is 1.63. The fourth-order valence-electron chi connectivity index (χ4n) is 2.00. The molecule has 100 valence electrons. The van der Waals surface area contributed by atoms with Crippen molar-refractivity contribution in [2.45, 2.75) is 46.0 Å². The smallest absolute Gasteiger partial charge is 0.303 e. The molecule has 1 rings (SSSR count). The van der Waals surface area contributed by atoms with E-state index in [0.29, 0.717) is 6.42 Å². The molecule has 0 bridgehead atoms. The van der Waals surface area contributed by atoms with Crippen molar-refractivity contribution < 1.29 is 14.6 Å². The Hall–Kier alpha value is -1.51. The van der Waals surface area contributed by atoms with Crippen molar-refractivity contribution in [1.29, 1.82) is 0 Å². The van der Waals surface area contributed by atoms with Gasteiger partial charge in [0.1, 0.15) is 5.75 Å². The fraction of sp³-hybridized carbons (Fsp3) is 0.533. The number of hydrogen-bond donors (Lipinski definition) is 1. The third kappa shape index (κ3) is 3.49. The molecule has 1 aromatic rings. The van der Waals surface area contributed by atoms with Crippen molar-refractivity contribution in [2.24, 2.45) is 0 Å². The van der Waals surface area contributed by atoms with E-state index in [0.717, 1.165) is 16.9 Å². The zero-order valence-corrected chi connectivity index (χ0v) is 11.8. The van der Waals surface area contributed by atoms with Gasteiger partial charge in [0.25, 0.3) is 0 Å². The largest absolute Gasteiger partial charge is 0.496 e.